The Balaban J connectivity index is 0.860. The van der Waals surface area contributed by atoms with Crippen LogP contribution in [-0.2, 0) is 11.8 Å². The Labute approximate surface area is 321 Å². The van der Waals surface area contributed by atoms with Crippen LogP contribution in [0.25, 0.3) is 100 Å². The molecule has 0 bridgehead atoms. The number of allylic oxidation sites excluding steroid dienone is 3. The lowest BCUT2D eigenvalue weighted by Gasteiger charge is -2.25. The quantitative estimate of drug-likeness (QED) is 0.127. The van der Waals surface area contributed by atoms with E-state index in [9.17, 15) is 0 Å². The van der Waals surface area contributed by atoms with Gasteiger partial charge in [-0.25, -0.2) is 0 Å². The third-order valence-electron chi connectivity index (χ3n) is 13.1. The first-order valence-corrected chi connectivity index (χ1v) is 19.7. The molecule has 0 unspecified atom stereocenters. The predicted molar refractivity (Wildman–Crippen MR) is 237 cm³/mol. The molecule has 9 aromatic rings. The van der Waals surface area contributed by atoms with Gasteiger partial charge in [0.15, 0.2) is 0 Å². The van der Waals surface area contributed by atoms with Crippen molar-refractivity contribution in [3.8, 4) is 33.4 Å². The Morgan fingerprint density at radius 3 is 2.00 bits per heavy atom. The van der Waals surface area contributed by atoms with E-state index in [1.807, 2.05) is 0 Å². The number of fused-ring (bicyclic) bond motifs is 3. The van der Waals surface area contributed by atoms with E-state index in [1.165, 1.54) is 121 Å². The van der Waals surface area contributed by atoms with Crippen LogP contribution in [0.1, 0.15) is 59.2 Å². The lowest BCUT2D eigenvalue weighted by Crippen LogP contribution is -2.15. The van der Waals surface area contributed by atoms with Gasteiger partial charge in [0.25, 0.3) is 0 Å². The van der Waals surface area contributed by atoms with E-state index < -0.39 is 0 Å². The average Bonchev–Trinajstić information content (AvgIpc) is 3.46. The molecule has 0 aromatic heterocycles. The molecule has 55 heavy (non-hydrogen) atoms. The summed E-state index contributed by atoms with van der Waals surface area (Å²) in [6.07, 6.45) is 13.6. The van der Waals surface area contributed by atoms with Crippen LogP contribution in [0.15, 0.2) is 152 Å². The fourth-order valence-electron chi connectivity index (χ4n) is 10.2. The standard InChI is InChI=1S/C55H38/c1-55(2)49-31-42(34-12-9-33(10-13-34)11-14-35-15-16-40-19-17-36-5-3-7-38-22-27-45(35)53(40)51(36)38)24-28-46(49)47-29-25-43(32-50(47)55)44-26-21-41-20-18-37-6-4-8-39-23-30-48(44)54(41)52(37)39/h3-5,7-19,21-32H,6,20H2,1-2H3. The number of hydrogen-bond donors (Lipinski definition) is 0. The molecule has 0 spiro atoms. The highest BCUT2D eigenvalue weighted by Gasteiger charge is 2.36. The molecule has 0 saturated carbocycles. The van der Waals surface area contributed by atoms with Crippen LogP contribution in [0.2, 0.25) is 0 Å². The second kappa shape index (κ2) is 11.3. The van der Waals surface area contributed by atoms with Crippen LogP contribution >= 0.6 is 0 Å². The number of benzene rings is 9. The molecule has 258 valence electrons. The Kier molecular flexibility index (Phi) is 6.33. The van der Waals surface area contributed by atoms with E-state index in [4.69, 9.17) is 0 Å². The molecular formula is C55H38. The molecule has 3 aliphatic rings. The van der Waals surface area contributed by atoms with Crippen molar-refractivity contribution in [2.24, 2.45) is 0 Å². The van der Waals surface area contributed by atoms with Crippen LogP contribution < -0.4 is 0 Å². The van der Waals surface area contributed by atoms with Gasteiger partial charge in [-0.1, -0.05) is 172 Å². The molecule has 0 amide bonds. The lowest BCUT2D eigenvalue weighted by molar-refractivity contribution is 0.661. The second-order valence-corrected chi connectivity index (χ2v) is 16.4. The minimum absolute atomic E-state index is 0.110. The van der Waals surface area contributed by atoms with Gasteiger partial charge in [-0.15, -0.1) is 0 Å². The summed E-state index contributed by atoms with van der Waals surface area (Å²) in [5, 5.41) is 10.8. The van der Waals surface area contributed by atoms with Crippen LogP contribution in [0.5, 0.6) is 0 Å². The van der Waals surface area contributed by atoms with Crippen LogP contribution in [0, 0.1) is 0 Å². The van der Waals surface area contributed by atoms with Gasteiger partial charge in [-0.3, -0.25) is 0 Å². The summed E-state index contributed by atoms with van der Waals surface area (Å²) in [4.78, 5) is 0. The molecule has 0 saturated heterocycles. The summed E-state index contributed by atoms with van der Waals surface area (Å²) < 4.78 is 0. The Morgan fingerprint density at radius 2 is 1.18 bits per heavy atom. The van der Waals surface area contributed by atoms with Crippen molar-refractivity contribution in [2.75, 3.05) is 0 Å². The van der Waals surface area contributed by atoms with Crippen molar-refractivity contribution < 1.29 is 0 Å². The molecule has 0 fully saturated rings. The topological polar surface area (TPSA) is 0 Å². The van der Waals surface area contributed by atoms with Gasteiger partial charge in [0, 0.05) is 5.41 Å². The summed E-state index contributed by atoms with van der Waals surface area (Å²) in [6, 6.07) is 52.9. The summed E-state index contributed by atoms with van der Waals surface area (Å²) in [5.74, 6) is 0. The molecule has 0 atom stereocenters. The monoisotopic (exact) mass is 698 g/mol. The van der Waals surface area contributed by atoms with Crippen molar-refractivity contribution in [3.63, 3.8) is 0 Å². The first-order valence-electron chi connectivity index (χ1n) is 19.7. The summed E-state index contributed by atoms with van der Waals surface area (Å²) in [7, 11) is 0. The molecule has 0 heteroatoms. The Hall–Kier alpha value is -6.50. The van der Waals surface area contributed by atoms with Gasteiger partial charge in [0.05, 0.1) is 0 Å². The van der Waals surface area contributed by atoms with Gasteiger partial charge in [0.1, 0.15) is 0 Å². The van der Waals surface area contributed by atoms with E-state index in [0.717, 1.165) is 12.8 Å². The van der Waals surface area contributed by atoms with Crippen molar-refractivity contribution in [3.05, 3.63) is 191 Å². The molecule has 3 aliphatic carbocycles. The fourth-order valence-corrected chi connectivity index (χ4v) is 10.2. The average molecular weight is 699 g/mol. The van der Waals surface area contributed by atoms with Gasteiger partial charge in [-0.2, -0.15) is 0 Å². The Morgan fingerprint density at radius 1 is 0.509 bits per heavy atom. The highest BCUT2D eigenvalue weighted by molar-refractivity contribution is 6.24. The zero-order chi connectivity index (χ0) is 36.4. The van der Waals surface area contributed by atoms with Crippen molar-refractivity contribution >= 4 is 66.9 Å². The van der Waals surface area contributed by atoms with Gasteiger partial charge in [0.2, 0.25) is 0 Å². The van der Waals surface area contributed by atoms with E-state index in [2.05, 4.69) is 184 Å². The second-order valence-electron chi connectivity index (χ2n) is 16.4. The third kappa shape index (κ3) is 4.46. The van der Waals surface area contributed by atoms with E-state index in [1.54, 1.807) is 0 Å². The van der Waals surface area contributed by atoms with Crippen LogP contribution in [-0.4, -0.2) is 0 Å². The van der Waals surface area contributed by atoms with Gasteiger partial charge < -0.3 is 0 Å². The number of rotatable bonds is 4. The lowest BCUT2D eigenvalue weighted by atomic mass is 9.78. The maximum Gasteiger partial charge on any atom is 0.0159 e. The molecular weight excluding hydrogens is 661 g/mol. The molecule has 0 aliphatic heterocycles. The van der Waals surface area contributed by atoms with Crippen molar-refractivity contribution in [1.82, 2.24) is 0 Å². The maximum absolute atomic E-state index is 2.48. The summed E-state index contributed by atoms with van der Waals surface area (Å²) in [5.41, 5.74) is 18.8. The molecule has 0 nitrogen and oxygen atoms in total. The largest absolute Gasteiger partial charge is 0.0795 e. The van der Waals surface area contributed by atoms with Gasteiger partial charge >= 0.3 is 0 Å². The molecule has 0 heterocycles. The zero-order valence-corrected chi connectivity index (χ0v) is 31.1. The normalized spacial score (nSPS) is 15.1. The minimum Gasteiger partial charge on any atom is -0.0795 e. The first-order chi connectivity index (χ1) is 27.0. The van der Waals surface area contributed by atoms with Crippen LogP contribution in [0.3, 0.4) is 0 Å². The molecule has 0 N–H and O–H groups in total. The summed E-state index contributed by atoms with van der Waals surface area (Å²) >= 11 is 0. The molecule has 9 aromatic carbocycles. The third-order valence-corrected chi connectivity index (χ3v) is 13.1. The zero-order valence-electron chi connectivity index (χ0n) is 31.1. The van der Waals surface area contributed by atoms with Crippen molar-refractivity contribution in [2.45, 2.75) is 32.1 Å². The van der Waals surface area contributed by atoms with E-state index in [0.29, 0.717) is 0 Å². The first kappa shape index (κ1) is 30.9. The molecule has 0 radical (unpaired) electrons. The van der Waals surface area contributed by atoms with E-state index in [-0.39, 0.29) is 5.41 Å². The van der Waals surface area contributed by atoms with Gasteiger partial charge in [-0.05, 0) is 146 Å². The number of hydrogen-bond acceptors (Lipinski definition) is 0. The van der Waals surface area contributed by atoms with E-state index >= 15 is 0 Å². The molecule has 12 rings (SSSR count). The highest BCUT2D eigenvalue weighted by atomic mass is 14.4. The van der Waals surface area contributed by atoms with Crippen molar-refractivity contribution in [1.29, 1.82) is 0 Å². The predicted octanol–water partition coefficient (Wildman–Crippen LogP) is 14.9. The minimum atomic E-state index is -0.110. The maximum atomic E-state index is 2.48. The highest BCUT2D eigenvalue weighted by Crippen LogP contribution is 2.51. The SMILES string of the molecule is CC1(C)c2cc(-c3ccc(C=Cc4ccc5ccc6cccc7ccc4c5c67)cc3)ccc2-c2ccc(-c3ccc4c5c6c(ccc35)C=CCC6=CC4)cc21. The smallest absolute Gasteiger partial charge is 0.0159 e. The van der Waals surface area contributed by atoms with Crippen LogP contribution in [0.4, 0.5) is 0 Å². The fraction of sp³-hybridized carbons (Fsp3) is 0.0909. The Bertz CT molecular complexity index is 3180. The summed E-state index contributed by atoms with van der Waals surface area (Å²) in [6.45, 7) is 4.80.